The standard InChI is InChI=1S/C20H30NO3P/c1-6-9-15-21-17(5)16(4)20(25(22,23-7-2)24-8-3)19(21)18-13-11-10-12-14-18/h10-14H,6-9,15H2,1-5H3. The molecule has 2 aromatic rings. The van der Waals surface area contributed by atoms with Gasteiger partial charge in [-0.3, -0.25) is 4.57 Å². The van der Waals surface area contributed by atoms with Gasteiger partial charge in [-0.25, -0.2) is 0 Å². The van der Waals surface area contributed by atoms with Crippen molar-refractivity contribution >= 4 is 12.9 Å². The molecule has 0 spiro atoms. The molecular formula is C20H30NO3P. The average molecular weight is 363 g/mol. The maximum Gasteiger partial charge on any atom is 0.363 e. The number of nitrogens with zero attached hydrogens (tertiary/aromatic N) is 1. The van der Waals surface area contributed by atoms with Crippen molar-refractivity contribution < 1.29 is 13.6 Å². The lowest BCUT2D eigenvalue weighted by Crippen LogP contribution is -2.15. The zero-order valence-corrected chi connectivity index (χ0v) is 16.9. The van der Waals surface area contributed by atoms with Crippen LogP contribution in [-0.2, 0) is 20.2 Å². The fourth-order valence-corrected chi connectivity index (χ4v) is 5.27. The molecule has 1 heterocycles. The van der Waals surface area contributed by atoms with Gasteiger partial charge in [-0.2, -0.15) is 0 Å². The summed E-state index contributed by atoms with van der Waals surface area (Å²) in [6, 6.07) is 10.1. The molecule has 0 aliphatic heterocycles. The van der Waals surface area contributed by atoms with E-state index in [0.717, 1.165) is 47.2 Å². The predicted molar refractivity (Wildman–Crippen MR) is 105 cm³/mol. The highest BCUT2D eigenvalue weighted by molar-refractivity contribution is 7.62. The van der Waals surface area contributed by atoms with Crippen LogP contribution in [0.4, 0.5) is 0 Å². The second kappa shape index (κ2) is 8.84. The first-order valence-electron chi connectivity index (χ1n) is 9.14. The summed E-state index contributed by atoms with van der Waals surface area (Å²) in [4.78, 5) is 0. The van der Waals surface area contributed by atoms with Crippen LogP contribution >= 0.6 is 7.60 Å². The molecule has 2 rings (SSSR count). The van der Waals surface area contributed by atoms with Crippen molar-refractivity contribution in [2.24, 2.45) is 0 Å². The van der Waals surface area contributed by atoms with Crippen LogP contribution in [0.3, 0.4) is 0 Å². The Morgan fingerprint density at radius 2 is 1.60 bits per heavy atom. The molecule has 1 aromatic carbocycles. The third-order valence-corrected chi connectivity index (χ3v) is 6.74. The van der Waals surface area contributed by atoms with E-state index in [0.29, 0.717) is 13.2 Å². The van der Waals surface area contributed by atoms with Crippen molar-refractivity contribution in [3.63, 3.8) is 0 Å². The lowest BCUT2D eigenvalue weighted by atomic mass is 10.1. The Bertz CT molecular complexity index is 727. The zero-order chi connectivity index (χ0) is 18.4. The minimum absolute atomic E-state index is 0.351. The topological polar surface area (TPSA) is 40.5 Å². The number of hydrogen-bond acceptors (Lipinski definition) is 3. The second-order valence-corrected chi connectivity index (χ2v) is 8.07. The van der Waals surface area contributed by atoms with Gasteiger partial charge in [0, 0.05) is 12.2 Å². The quantitative estimate of drug-likeness (QED) is 0.555. The molecule has 138 valence electrons. The van der Waals surface area contributed by atoms with Crippen LogP contribution < -0.4 is 5.30 Å². The van der Waals surface area contributed by atoms with Gasteiger partial charge in [-0.1, -0.05) is 43.7 Å². The van der Waals surface area contributed by atoms with Crippen molar-refractivity contribution in [1.82, 2.24) is 4.57 Å². The smallest absolute Gasteiger partial charge is 0.344 e. The van der Waals surface area contributed by atoms with Crippen LogP contribution in [0.2, 0.25) is 0 Å². The van der Waals surface area contributed by atoms with E-state index in [-0.39, 0.29) is 0 Å². The molecule has 4 nitrogen and oxygen atoms in total. The van der Waals surface area contributed by atoms with E-state index in [4.69, 9.17) is 9.05 Å². The highest BCUT2D eigenvalue weighted by atomic mass is 31.2. The normalized spacial score (nSPS) is 11.9. The van der Waals surface area contributed by atoms with Gasteiger partial charge in [-0.05, 0) is 45.2 Å². The molecule has 0 bridgehead atoms. The molecule has 0 unspecified atom stereocenters. The number of benzene rings is 1. The molecule has 0 radical (unpaired) electrons. The number of hydrogen-bond donors (Lipinski definition) is 0. The number of aromatic nitrogens is 1. The van der Waals surface area contributed by atoms with Gasteiger partial charge in [0.2, 0.25) is 0 Å². The van der Waals surface area contributed by atoms with Crippen LogP contribution in [-0.4, -0.2) is 17.8 Å². The molecule has 0 N–H and O–H groups in total. The van der Waals surface area contributed by atoms with Crippen molar-refractivity contribution in [1.29, 1.82) is 0 Å². The van der Waals surface area contributed by atoms with E-state index in [9.17, 15) is 4.57 Å². The van der Waals surface area contributed by atoms with Gasteiger partial charge in [0.25, 0.3) is 0 Å². The Kier molecular flexibility index (Phi) is 7.06. The maximum absolute atomic E-state index is 13.6. The van der Waals surface area contributed by atoms with Gasteiger partial charge in [0.05, 0.1) is 24.2 Å². The van der Waals surface area contributed by atoms with Crippen molar-refractivity contribution in [3.05, 3.63) is 41.6 Å². The predicted octanol–water partition coefficient (Wildman–Crippen LogP) is 5.46. The Hall–Kier alpha value is -1.35. The molecule has 5 heteroatoms. The summed E-state index contributed by atoms with van der Waals surface area (Å²) in [6.07, 6.45) is 2.18. The third-order valence-electron chi connectivity index (χ3n) is 4.45. The van der Waals surface area contributed by atoms with Crippen LogP contribution in [0.25, 0.3) is 11.3 Å². The van der Waals surface area contributed by atoms with Gasteiger partial charge in [-0.15, -0.1) is 0 Å². The van der Waals surface area contributed by atoms with Crippen molar-refractivity contribution in [3.8, 4) is 11.3 Å². The summed E-state index contributed by atoms with van der Waals surface area (Å²) in [6.45, 7) is 11.6. The largest absolute Gasteiger partial charge is 0.363 e. The van der Waals surface area contributed by atoms with Crippen molar-refractivity contribution in [2.75, 3.05) is 13.2 Å². The molecule has 0 saturated heterocycles. The fourth-order valence-electron chi connectivity index (χ4n) is 3.17. The van der Waals surface area contributed by atoms with Gasteiger partial charge >= 0.3 is 7.60 Å². The molecule has 0 atom stereocenters. The van der Waals surface area contributed by atoms with Crippen LogP contribution in [0.5, 0.6) is 0 Å². The molecule has 0 amide bonds. The minimum atomic E-state index is -3.37. The molecule has 0 aliphatic carbocycles. The zero-order valence-electron chi connectivity index (χ0n) is 16.0. The van der Waals surface area contributed by atoms with Gasteiger partial charge in [0.15, 0.2) is 0 Å². The summed E-state index contributed by atoms with van der Waals surface area (Å²) < 4.78 is 27.3. The van der Waals surface area contributed by atoms with E-state index in [2.05, 4.69) is 30.5 Å². The highest BCUT2D eigenvalue weighted by Gasteiger charge is 2.36. The molecule has 0 aliphatic rings. The highest BCUT2D eigenvalue weighted by Crippen LogP contribution is 2.51. The Morgan fingerprint density at radius 3 is 2.12 bits per heavy atom. The molecule has 25 heavy (non-hydrogen) atoms. The summed E-state index contributed by atoms with van der Waals surface area (Å²) in [5.41, 5.74) is 4.14. The Balaban J connectivity index is 2.76. The van der Waals surface area contributed by atoms with Gasteiger partial charge in [0.1, 0.15) is 0 Å². The number of rotatable bonds is 9. The lowest BCUT2D eigenvalue weighted by molar-refractivity contribution is 0.230. The van der Waals surface area contributed by atoms with Crippen molar-refractivity contribution in [2.45, 2.75) is 54.0 Å². The van der Waals surface area contributed by atoms with E-state index < -0.39 is 7.60 Å². The molecule has 0 saturated carbocycles. The lowest BCUT2D eigenvalue weighted by Gasteiger charge is -2.20. The second-order valence-electron chi connectivity index (χ2n) is 6.11. The molecular weight excluding hydrogens is 333 g/mol. The third kappa shape index (κ3) is 4.08. The van der Waals surface area contributed by atoms with Crippen LogP contribution in [0, 0.1) is 13.8 Å². The number of unbranched alkanes of at least 4 members (excludes halogenated alkanes) is 1. The summed E-state index contributed by atoms with van der Waals surface area (Å²) in [5.74, 6) is 0. The minimum Gasteiger partial charge on any atom is -0.344 e. The summed E-state index contributed by atoms with van der Waals surface area (Å²) >= 11 is 0. The first-order valence-corrected chi connectivity index (χ1v) is 10.7. The Morgan fingerprint density at radius 1 is 1.00 bits per heavy atom. The first kappa shape index (κ1) is 20.0. The van der Waals surface area contributed by atoms with Crippen LogP contribution in [0.15, 0.2) is 30.3 Å². The average Bonchev–Trinajstić information content (AvgIpc) is 2.86. The van der Waals surface area contributed by atoms with E-state index in [1.807, 2.05) is 39.0 Å². The summed E-state index contributed by atoms with van der Waals surface area (Å²) in [7, 11) is -3.37. The van der Waals surface area contributed by atoms with E-state index >= 15 is 0 Å². The SMILES string of the molecule is CCCCn1c(C)c(C)c(P(=O)(OCC)OCC)c1-c1ccccc1. The van der Waals surface area contributed by atoms with E-state index in [1.165, 1.54) is 0 Å². The fraction of sp³-hybridized carbons (Fsp3) is 0.500. The molecule has 1 aromatic heterocycles. The van der Waals surface area contributed by atoms with Crippen LogP contribution in [0.1, 0.15) is 44.9 Å². The molecule has 0 fully saturated rings. The van der Waals surface area contributed by atoms with Gasteiger partial charge < -0.3 is 13.6 Å². The monoisotopic (exact) mass is 363 g/mol. The Labute approximate surface area is 151 Å². The maximum atomic E-state index is 13.6. The summed E-state index contributed by atoms with van der Waals surface area (Å²) in [5, 5.41) is 0.719. The van der Waals surface area contributed by atoms with E-state index in [1.54, 1.807) is 0 Å². The first-order chi connectivity index (χ1) is 12.0.